The summed E-state index contributed by atoms with van der Waals surface area (Å²) in [6.45, 7) is 4.48. The minimum Gasteiger partial charge on any atom is -0.462 e. The summed E-state index contributed by atoms with van der Waals surface area (Å²) >= 11 is 5.14. The van der Waals surface area contributed by atoms with Crippen LogP contribution in [0.1, 0.15) is 28.6 Å². The van der Waals surface area contributed by atoms with Gasteiger partial charge in [0.1, 0.15) is 17.0 Å². The van der Waals surface area contributed by atoms with Crippen molar-refractivity contribution in [3.8, 4) is 11.1 Å². The van der Waals surface area contributed by atoms with Crippen molar-refractivity contribution < 1.29 is 9.53 Å². The number of halogens is 1. The number of nitrogens with zero attached hydrogens (tertiary/aromatic N) is 2. The van der Waals surface area contributed by atoms with Gasteiger partial charge in [-0.2, -0.15) is 0 Å². The number of hydrogen-bond donors (Lipinski definition) is 1. The van der Waals surface area contributed by atoms with Crippen molar-refractivity contribution in [2.75, 3.05) is 11.9 Å². The van der Waals surface area contributed by atoms with Crippen LogP contribution in [0.25, 0.3) is 21.3 Å². The Bertz CT molecular complexity index is 1210. The number of aryl methyl sites for hydroxylation is 1. The molecule has 4 rings (SSSR count). The molecule has 0 saturated carbocycles. The normalized spacial score (nSPS) is 10.9. The first-order chi connectivity index (χ1) is 14.6. The molecule has 0 amide bonds. The predicted octanol–water partition coefficient (Wildman–Crippen LogP) is 6.74. The van der Waals surface area contributed by atoms with Gasteiger partial charge in [-0.05, 0) is 49.2 Å². The Morgan fingerprint density at radius 3 is 2.73 bits per heavy atom. The molecule has 30 heavy (non-hydrogen) atoms. The fraction of sp³-hybridized carbons (Fsp3) is 0.174. The second kappa shape index (κ2) is 8.93. The van der Waals surface area contributed by atoms with Crippen LogP contribution in [0.5, 0.6) is 0 Å². The number of aromatic nitrogens is 2. The monoisotopic (exact) mass is 481 g/mol. The number of ether oxygens (including phenoxy) is 1. The lowest BCUT2D eigenvalue weighted by Gasteiger charge is -2.10. The molecule has 152 valence electrons. The van der Waals surface area contributed by atoms with E-state index in [0.29, 0.717) is 18.0 Å². The van der Waals surface area contributed by atoms with Crippen LogP contribution in [0, 0.1) is 6.92 Å². The van der Waals surface area contributed by atoms with Gasteiger partial charge in [0.2, 0.25) is 0 Å². The SMILES string of the molecule is CCCOC(=O)c1cccc(Nc2ncnc3sc(C)c(-c4ccc(Br)cc4)c23)c1. The molecule has 0 aliphatic heterocycles. The molecule has 2 aromatic carbocycles. The molecule has 2 heterocycles. The number of nitrogens with one attached hydrogen (secondary N) is 1. The zero-order valence-corrected chi connectivity index (χ0v) is 19.0. The van der Waals surface area contributed by atoms with Crippen molar-refractivity contribution in [1.82, 2.24) is 9.97 Å². The number of carbonyl (C=O) groups excluding carboxylic acids is 1. The largest absolute Gasteiger partial charge is 0.462 e. The van der Waals surface area contributed by atoms with Crippen LogP contribution in [0.2, 0.25) is 0 Å². The van der Waals surface area contributed by atoms with Gasteiger partial charge in [-0.3, -0.25) is 0 Å². The van der Waals surface area contributed by atoms with E-state index >= 15 is 0 Å². The Morgan fingerprint density at radius 2 is 1.97 bits per heavy atom. The van der Waals surface area contributed by atoms with E-state index in [9.17, 15) is 4.79 Å². The van der Waals surface area contributed by atoms with Crippen LogP contribution >= 0.6 is 27.3 Å². The summed E-state index contributed by atoms with van der Waals surface area (Å²) in [6.07, 6.45) is 2.35. The molecular weight excluding hydrogens is 462 g/mol. The number of carbonyl (C=O) groups is 1. The van der Waals surface area contributed by atoms with Crippen LogP contribution in [-0.4, -0.2) is 22.5 Å². The third-order valence-electron chi connectivity index (χ3n) is 4.60. The van der Waals surface area contributed by atoms with E-state index in [0.717, 1.165) is 37.9 Å². The van der Waals surface area contributed by atoms with Crippen molar-refractivity contribution in [1.29, 1.82) is 0 Å². The molecule has 2 aromatic heterocycles. The lowest BCUT2D eigenvalue weighted by molar-refractivity contribution is 0.0505. The van der Waals surface area contributed by atoms with E-state index < -0.39 is 0 Å². The van der Waals surface area contributed by atoms with Gasteiger partial charge < -0.3 is 10.1 Å². The highest BCUT2D eigenvalue weighted by atomic mass is 79.9. The van der Waals surface area contributed by atoms with Gasteiger partial charge >= 0.3 is 5.97 Å². The Labute approximate surface area is 187 Å². The summed E-state index contributed by atoms with van der Waals surface area (Å²) < 4.78 is 6.28. The molecule has 0 unspecified atom stereocenters. The smallest absolute Gasteiger partial charge is 0.338 e. The van der Waals surface area contributed by atoms with E-state index in [1.165, 1.54) is 4.88 Å². The standard InChI is InChI=1S/C23H20BrN3O2S/c1-3-11-29-23(28)16-5-4-6-18(12-16)27-21-20-19(15-7-9-17(24)10-8-15)14(2)30-22(20)26-13-25-21/h4-10,12-13H,3,11H2,1-2H3,(H,25,26,27). The van der Waals surface area contributed by atoms with Crippen LogP contribution in [0.3, 0.4) is 0 Å². The minimum absolute atomic E-state index is 0.324. The van der Waals surface area contributed by atoms with E-state index in [4.69, 9.17) is 4.74 Å². The lowest BCUT2D eigenvalue weighted by Crippen LogP contribution is -2.06. The third kappa shape index (κ3) is 4.22. The van der Waals surface area contributed by atoms with E-state index in [1.807, 2.05) is 31.2 Å². The molecular formula is C23H20BrN3O2S. The average Bonchev–Trinajstić information content (AvgIpc) is 3.09. The Balaban J connectivity index is 1.74. The quantitative estimate of drug-likeness (QED) is 0.309. The third-order valence-corrected chi connectivity index (χ3v) is 6.14. The van der Waals surface area contributed by atoms with E-state index in [-0.39, 0.29) is 5.97 Å². The van der Waals surface area contributed by atoms with Gasteiger partial charge in [0.15, 0.2) is 0 Å². The van der Waals surface area contributed by atoms with Crippen LogP contribution in [0.15, 0.2) is 59.3 Å². The van der Waals surface area contributed by atoms with Gasteiger partial charge in [0.05, 0.1) is 17.6 Å². The number of anilines is 2. The highest BCUT2D eigenvalue weighted by Gasteiger charge is 2.17. The summed E-state index contributed by atoms with van der Waals surface area (Å²) in [5.41, 5.74) is 3.50. The minimum atomic E-state index is -0.324. The maximum atomic E-state index is 12.2. The lowest BCUT2D eigenvalue weighted by atomic mass is 10.0. The van der Waals surface area contributed by atoms with Gasteiger partial charge in [-0.15, -0.1) is 11.3 Å². The Hall–Kier alpha value is -2.77. The fourth-order valence-corrected chi connectivity index (χ4v) is 4.52. The summed E-state index contributed by atoms with van der Waals surface area (Å²) in [7, 11) is 0. The molecule has 0 spiro atoms. The Kier molecular flexibility index (Phi) is 6.11. The molecule has 0 aliphatic rings. The van der Waals surface area contributed by atoms with Crippen molar-refractivity contribution in [2.24, 2.45) is 0 Å². The highest BCUT2D eigenvalue weighted by Crippen LogP contribution is 2.41. The van der Waals surface area contributed by atoms with E-state index in [2.05, 4.69) is 50.3 Å². The average molecular weight is 482 g/mol. The second-order valence-corrected chi connectivity index (χ2v) is 8.90. The van der Waals surface area contributed by atoms with Crippen molar-refractivity contribution >= 4 is 55.0 Å². The molecule has 0 bridgehead atoms. The number of hydrogen-bond acceptors (Lipinski definition) is 6. The molecule has 7 heteroatoms. The zero-order valence-electron chi connectivity index (χ0n) is 16.6. The topological polar surface area (TPSA) is 64.1 Å². The van der Waals surface area contributed by atoms with Crippen LogP contribution in [0.4, 0.5) is 11.5 Å². The first-order valence-electron chi connectivity index (χ1n) is 9.61. The summed E-state index contributed by atoms with van der Waals surface area (Å²) in [4.78, 5) is 23.3. The number of thiophene rings is 1. The number of esters is 1. The number of rotatable bonds is 6. The highest BCUT2D eigenvalue weighted by molar-refractivity contribution is 9.10. The van der Waals surface area contributed by atoms with Crippen LogP contribution in [-0.2, 0) is 4.74 Å². The summed E-state index contributed by atoms with van der Waals surface area (Å²) in [5, 5.41) is 4.35. The summed E-state index contributed by atoms with van der Waals surface area (Å²) in [5.74, 6) is 0.386. The maximum absolute atomic E-state index is 12.2. The Morgan fingerprint density at radius 1 is 1.17 bits per heavy atom. The number of fused-ring (bicyclic) bond motifs is 1. The van der Waals surface area contributed by atoms with Gasteiger partial charge in [0.25, 0.3) is 0 Å². The zero-order chi connectivity index (χ0) is 21.1. The fourth-order valence-electron chi connectivity index (χ4n) is 3.24. The second-order valence-electron chi connectivity index (χ2n) is 6.78. The summed E-state index contributed by atoms with van der Waals surface area (Å²) in [6, 6.07) is 15.5. The molecule has 0 fully saturated rings. The van der Waals surface area contributed by atoms with Crippen molar-refractivity contribution in [3.63, 3.8) is 0 Å². The van der Waals surface area contributed by atoms with E-state index in [1.54, 1.807) is 29.8 Å². The van der Waals surface area contributed by atoms with Crippen molar-refractivity contribution in [3.05, 3.63) is 69.8 Å². The first-order valence-corrected chi connectivity index (χ1v) is 11.2. The number of benzene rings is 2. The molecule has 0 atom stereocenters. The molecule has 5 nitrogen and oxygen atoms in total. The molecule has 0 aliphatic carbocycles. The van der Waals surface area contributed by atoms with Crippen LogP contribution < -0.4 is 5.32 Å². The molecule has 4 aromatic rings. The molecule has 0 radical (unpaired) electrons. The van der Waals surface area contributed by atoms with Gasteiger partial charge in [-0.25, -0.2) is 14.8 Å². The predicted molar refractivity (Wildman–Crippen MR) is 126 cm³/mol. The van der Waals surface area contributed by atoms with Gasteiger partial charge in [0, 0.05) is 20.6 Å². The molecule has 0 saturated heterocycles. The molecule has 1 N–H and O–H groups in total. The van der Waals surface area contributed by atoms with Crippen molar-refractivity contribution in [2.45, 2.75) is 20.3 Å². The van der Waals surface area contributed by atoms with Gasteiger partial charge in [-0.1, -0.05) is 41.1 Å². The maximum Gasteiger partial charge on any atom is 0.338 e. The first kappa shape index (κ1) is 20.5.